The summed E-state index contributed by atoms with van der Waals surface area (Å²) in [6.45, 7) is 4.77. The van der Waals surface area contributed by atoms with E-state index in [1.807, 2.05) is 44.2 Å². The highest BCUT2D eigenvalue weighted by Crippen LogP contribution is 2.46. The Bertz CT molecular complexity index is 1200. The number of carbonyl (C=O) groups is 4. The maximum Gasteiger partial charge on any atom is 0.261 e. The van der Waals surface area contributed by atoms with Crippen LogP contribution >= 0.6 is 0 Å². The fourth-order valence-corrected chi connectivity index (χ4v) is 5.82. The molecule has 0 saturated carbocycles. The molecule has 2 heterocycles. The smallest absolute Gasteiger partial charge is 0.261 e. The van der Waals surface area contributed by atoms with Gasteiger partial charge in [-0.2, -0.15) is 0 Å². The molecular formula is C28H32FN3O5. The average Bonchev–Trinajstić information content (AvgIpc) is 3.31. The number of amides is 4. The Morgan fingerprint density at radius 3 is 2.43 bits per heavy atom. The van der Waals surface area contributed by atoms with E-state index >= 15 is 0 Å². The summed E-state index contributed by atoms with van der Waals surface area (Å²) in [6.07, 6.45) is 1.50. The van der Waals surface area contributed by atoms with Gasteiger partial charge in [-0.3, -0.25) is 29.3 Å². The highest BCUT2D eigenvalue weighted by molar-refractivity contribution is 6.21. The first-order valence-corrected chi connectivity index (χ1v) is 12.6. The summed E-state index contributed by atoms with van der Waals surface area (Å²) < 4.78 is 13.7. The Morgan fingerprint density at radius 2 is 1.76 bits per heavy atom. The van der Waals surface area contributed by atoms with Crippen LogP contribution in [0.4, 0.5) is 4.39 Å². The van der Waals surface area contributed by atoms with E-state index in [9.17, 15) is 28.8 Å². The predicted molar refractivity (Wildman–Crippen MR) is 133 cm³/mol. The van der Waals surface area contributed by atoms with E-state index in [2.05, 4.69) is 0 Å². The van der Waals surface area contributed by atoms with Crippen molar-refractivity contribution in [1.82, 2.24) is 15.3 Å². The van der Waals surface area contributed by atoms with E-state index in [-0.39, 0.29) is 35.9 Å². The third kappa shape index (κ3) is 5.13. The molecule has 0 aromatic heterocycles. The van der Waals surface area contributed by atoms with Gasteiger partial charge in [0.05, 0.1) is 22.5 Å². The summed E-state index contributed by atoms with van der Waals surface area (Å²) in [6, 6.07) is 13.2. The lowest BCUT2D eigenvalue weighted by Gasteiger charge is -2.36. The van der Waals surface area contributed by atoms with Crippen molar-refractivity contribution in [3.8, 4) is 0 Å². The summed E-state index contributed by atoms with van der Waals surface area (Å²) >= 11 is 0. The fourth-order valence-electron chi connectivity index (χ4n) is 5.82. The number of nitrogens with zero attached hydrogens (tertiary/aromatic N) is 2. The minimum absolute atomic E-state index is 0.00860. The van der Waals surface area contributed by atoms with Crippen molar-refractivity contribution < 1.29 is 28.8 Å². The molecule has 37 heavy (non-hydrogen) atoms. The number of fused-ring (bicyclic) bond motifs is 1. The number of carbonyl (C=O) groups excluding carboxylic acids is 4. The van der Waals surface area contributed by atoms with Crippen molar-refractivity contribution in [1.29, 1.82) is 0 Å². The molecule has 0 spiro atoms. The van der Waals surface area contributed by atoms with Crippen molar-refractivity contribution >= 4 is 23.6 Å². The topological polar surface area (TPSA) is 107 Å². The van der Waals surface area contributed by atoms with Gasteiger partial charge in [-0.15, -0.1) is 0 Å². The van der Waals surface area contributed by atoms with Crippen LogP contribution in [0.15, 0.2) is 48.5 Å². The van der Waals surface area contributed by atoms with Gasteiger partial charge in [0.1, 0.15) is 5.82 Å². The number of hydrogen-bond donors (Lipinski definition) is 2. The molecule has 4 amide bonds. The number of imide groups is 1. The minimum Gasteiger partial charge on any atom is -0.342 e. The lowest BCUT2D eigenvalue weighted by atomic mass is 9.67. The minimum atomic E-state index is -1.08. The molecule has 0 bridgehead atoms. The molecule has 9 heteroatoms. The first kappa shape index (κ1) is 26.5. The average molecular weight is 510 g/mol. The van der Waals surface area contributed by atoms with Gasteiger partial charge < -0.3 is 4.90 Å². The second-order valence-electron chi connectivity index (χ2n) is 10.3. The van der Waals surface area contributed by atoms with E-state index in [0.29, 0.717) is 32.4 Å². The molecule has 2 atom stereocenters. The van der Waals surface area contributed by atoms with Gasteiger partial charge in [-0.05, 0) is 55.4 Å². The molecule has 2 aromatic rings. The first-order valence-electron chi connectivity index (χ1n) is 12.6. The third-order valence-electron chi connectivity index (χ3n) is 7.49. The van der Waals surface area contributed by atoms with Crippen molar-refractivity contribution in [2.75, 3.05) is 19.6 Å². The van der Waals surface area contributed by atoms with Gasteiger partial charge in [0.15, 0.2) is 0 Å². The zero-order valence-electron chi connectivity index (χ0n) is 21.1. The summed E-state index contributed by atoms with van der Waals surface area (Å²) in [5, 5.41) is 9.57. The van der Waals surface area contributed by atoms with Gasteiger partial charge in [0.2, 0.25) is 11.8 Å². The lowest BCUT2D eigenvalue weighted by Crippen LogP contribution is -2.48. The van der Waals surface area contributed by atoms with Crippen LogP contribution in [0.3, 0.4) is 0 Å². The van der Waals surface area contributed by atoms with E-state index in [1.54, 1.807) is 10.4 Å². The molecular weight excluding hydrogens is 477 g/mol. The number of benzene rings is 2. The van der Waals surface area contributed by atoms with Crippen molar-refractivity contribution in [2.45, 2.75) is 39.5 Å². The van der Waals surface area contributed by atoms with Crippen LogP contribution in [0.25, 0.3) is 0 Å². The van der Waals surface area contributed by atoms with Gasteiger partial charge in [0.25, 0.3) is 11.8 Å². The molecule has 4 rings (SSSR count). The van der Waals surface area contributed by atoms with Gasteiger partial charge in [-0.25, -0.2) is 9.87 Å². The molecule has 2 aliphatic heterocycles. The number of halogens is 1. The van der Waals surface area contributed by atoms with Gasteiger partial charge in [0, 0.05) is 19.6 Å². The fraction of sp³-hybridized carbons (Fsp3) is 0.429. The molecule has 196 valence electrons. The summed E-state index contributed by atoms with van der Waals surface area (Å²) in [5.74, 6) is -3.59. The second kappa shape index (κ2) is 10.8. The molecule has 1 fully saturated rings. The van der Waals surface area contributed by atoms with Crippen LogP contribution in [0.5, 0.6) is 0 Å². The summed E-state index contributed by atoms with van der Waals surface area (Å²) in [4.78, 5) is 55.3. The normalized spacial score (nSPS) is 20.1. The van der Waals surface area contributed by atoms with Crippen LogP contribution in [-0.4, -0.2) is 58.3 Å². The molecule has 2 aromatic carbocycles. The van der Waals surface area contributed by atoms with E-state index in [1.165, 1.54) is 6.07 Å². The van der Waals surface area contributed by atoms with Crippen molar-refractivity contribution in [3.05, 3.63) is 71.0 Å². The third-order valence-corrected chi connectivity index (χ3v) is 7.49. The lowest BCUT2D eigenvalue weighted by molar-refractivity contribution is -0.150. The summed E-state index contributed by atoms with van der Waals surface area (Å²) in [5.41, 5.74) is 1.82. The van der Waals surface area contributed by atoms with Crippen molar-refractivity contribution in [3.63, 3.8) is 0 Å². The zero-order chi connectivity index (χ0) is 26.7. The largest absolute Gasteiger partial charge is 0.342 e. The molecule has 0 aliphatic carbocycles. The number of hydrogen-bond acceptors (Lipinski definition) is 5. The van der Waals surface area contributed by atoms with Crippen LogP contribution in [-0.2, 0) is 16.0 Å². The number of hydroxylamine groups is 1. The van der Waals surface area contributed by atoms with Crippen LogP contribution in [0.2, 0.25) is 0 Å². The maximum atomic E-state index is 13.9. The van der Waals surface area contributed by atoms with Crippen LogP contribution < -0.4 is 5.48 Å². The van der Waals surface area contributed by atoms with Crippen LogP contribution in [0.1, 0.15) is 59.4 Å². The van der Waals surface area contributed by atoms with Gasteiger partial charge in [-0.1, -0.05) is 44.2 Å². The standard InChI is InChI=1S/C28H32FN3O5/c1-18(2)17-28(12-15-31(27(28)36)13-10-19-6-4-3-5-7-19)23(24(33)30-37)11-14-32-25(34)21-9-8-20(29)16-22(21)26(32)35/h3-9,16,18,23,37H,10-15,17H2,1-2H3,(H,30,33). The molecule has 2 unspecified atom stereocenters. The summed E-state index contributed by atoms with van der Waals surface area (Å²) in [7, 11) is 0. The molecule has 2 aliphatic rings. The molecule has 8 nitrogen and oxygen atoms in total. The van der Waals surface area contributed by atoms with Crippen LogP contribution in [0, 0.1) is 23.1 Å². The number of likely N-dealkylation sites (tertiary alicyclic amines) is 1. The Hall–Kier alpha value is -3.59. The number of nitrogens with one attached hydrogen (secondary N) is 1. The molecule has 1 saturated heterocycles. The second-order valence-corrected chi connectivity index (χ2v) is 10.3. The Morgan fingerprint density at radius 1 is 1.05 bits per heavy atom. The quantitative estimate of drug-likeness (QED) is 0.290. The highest BCUT2D eigenvalue weighted by Gasteiger charge is 2.54. The monoisotopic (exact) mass is 509 g/mol. The van der Waals surface area contributed by atoms with E-state index < -0.39 is 34.9 Å². The zero-order valence-corrected chi connectivity index (χ0v) is 21.1. The predicted octanol–water partition coefficient (Wildman–Crippen LogP) is 3.44. The first-order chi connectivity index (χ1) is 17.7. The van der Waals surface area contributed by atoms with Gasteiger partial charge >= 0.3 is 0 Å². The Kier molecular flexibility index (Phi) is 7.73. The Labute approximate surface area is 215 Å². The maximum absolute atomic E-state index is 13.9. The number of rotatable bonds is 10. The highest BCUT2D eigenvalue weighted by atomic mass is 19.1. The SMILES string of the molecule is CC(C)CC1(C(CCN2C(=O)c3ccc(F)cc3C2=O)C(=O)NO)CCN(CCc2ccccc2)C1=O. The van der Waals surface area contributed by atoms with Crippen molar-refractivity contribution in [2.24, 2.45) is 17.3 Å². The van der Waals surface area contributed by atoms with E-state index in [0.717, 1.165) is 22.6 Å². The Balaban J connectivity index is 1.55. The van der Waals surface area contributed by atoms with E-state index in [4.69, 9.17) is 0 Å². The molecule has 0 radical (unpaired) electrons. The molecule has 2 N–H and O–H groups in total.